The summed E-state index contributed by atoms with van der Waals surface area (Å²) < 4.78 is 5.77. The van der Waals surface area contributed by atoms with Gasteiger partial charge in [-0.15, -0.1) is 0 Å². The SMILES string of the molecule is CCCCCOC(C)CNC1CCCCC1. The molecule has 0 radical (unpaired) electrons. The van der Waals surface area contributed by atoms with E-state index in [-0.39, 0.29) is 0 Å². The Kier molecular flexibility index (Phi) is 7.87. The van der Waals surface area contributed by atoms with Gasteiger partial charge < -0.3 is 10.1 Å². The van der Waals surface area contributed by atoms with Gasteiger partial charge in [0.05, 0.1) is 6.10 Å². The van der Waals surface area contributed by atoms with Crippen LogP contribution in [0.2, 0.25) is 0 Å². The Morgan fingerprint density at radius 3 is 2.62 bits per heavy atom. The van der Waals surface area contributed by atoms with E-state index in [4.69, 9.17) is 4.74 Å². The first-order chi connectivity index (χ1) is 7.83. The van der Waals surface area contributed by atoms with Crippen LogP contribution in [0.5, 0.6) is 0 Å². The summed E-state index contributed by atoms with van der Waals surface area (Å²) in [7, 11) is 0. The van der Waals surface area contributed by atoms with Crippen molar-refractivity contribution >= 4 is 0 Å². The van der Waals surface area contributed by atoms with Gasteiger partial charge in [0.2, 0.25) is 0 Å². The highest BCUT2D eigenvalue weighted by atomic mass is 16.5. The maximum Gasteiger partial charge on any atom is 0.0671 e. The first-order valence-corrected chi connectivity index (χ1v) is 7.18. The molecule has 0 amide bonds. The normalized spacial score (nSPS) is 19.9. The van der Waals surface area contributed by atoms with Crippen molar-refractivity contribution in [1.29, 1.82) is 0 Å². The van der Waals surface area contributed by atoms with Crippen LogP contribution in [0.15, 0.2) is 0 Å². The number of rotatable bonds is 8. The minimum Gasteiger partial charge on any atom is -0.377 e. The summed E-state index contributed by atoms with van der Waals surface area (Å²) in [4.78, 5) is 0. The third-order valence-corrected chi connectivity index (χ3v) is 3.45. The molecule has 1 aliphatic rings. The zero-order valence-electron chi connectivity index (χ0n) is 11.1. The van der Waals surface area contributed by atoms with Crippen LogP contribution in [-0.2, 0) is 4.74 Å². The summed E-state index contributed by atoms with van der Waals surface area (Å²) >= 11 is 0. The van der Waals surface area contributed by atoms with Crippen molar-refractivity contribution in [2.75, 3.05) is 13.2 Å². The quantitative estimate of drug-likeness (QED) is 0.641. The van der Waals surface area contributed by atoms with E-state index in [0.717, 1.165) is 19.2 Å². The molecule has 0 aromatic carbocycles. The van der Waals surface area contributed by atoms with Crippen LogP contribution < -0.4 is 5.32 Å². The van der Waals surface area contributed by atoms with Gasteiger partial charge in [-0.05, 0) is 26.2 Å². The topological polar surface area (TPSA) is 21.3 Å². The van der Waals surface area contributed by atoms with Crippen LogP contribution in [-0.4, -0.2) is 25.3 Å². The third kappa shape index (κ3) is 6.49. The van der Waals surface area contributed by atoms with Crippen molar-refractivity contribution in [2.24, 2.45) is 0 Å². The number of hydrogen-bond acceptors (Lipinski definition) is 2. The van der Waals surface area contributed by atoms with E-state index < -0.39 is 0 Å². The molecule has 2 nitrogen and oxygen atoms in total. The molecule has 1 aliphatic carbocycles. The molecule has 1 fully saturated rings. The monoisotopic (exact) mass is 227 g/mol. The summed E-state index contributed by atoms with van der Waals surface area (Å²) in [5.74, 6) is 0. The maximum atomic E-state index is 5.77. The lowest BCUT2D eigenvalue weighted by atomic mass is 9.95. The second kappa shape index (κ2) is 9.00. The Hall–Kier alpha value is -0.0800. The van der Waals surface area contributed by atoms with Gasteiger partial charge in [0.15, 0.2) is 0 Å². The zero-order chi connectivity index (χ0) is 11.6. The van der Waals surface area contributed by atoms with Crippen LogP contribution in [0.1, 0.15) is 65.2 Å². The second-order valence-electron chi connectivity index (χ2n) is 5.13. The molecule has 1 atom stereocenters. The molecule has 0 heterocycles. The second-order valence-corrected chi connectivity index (χ2v) is 5.13. The smallest absolute Gasteiger partial charge is 0.0671 e. The predicted octanol–water partition coefficient (Wildman–Crippen LogP) is 3.50. The van der Waals surface area contributed by atoms with Crippen molar-refractivity contribution in [3.63, 3.8) is 0 Å². The van der Waals surface area contributed by atoms with Crippen molar-refractivity contribution in [3.8, 4) is 0 Å². The predicted molar refractivity (Wildman–Crippen MR) is 69.8 cm³/mol. The number of ether oxygens (including phenoxy) is 1. The Morgan fingerprint density at radius 1 is 1.19 bits per heavy atom. The Balaban J connectivity index is 1.94. The minimum atomic E-state index is 0.374. The van der Waals surface area contributed by atoms with Crippen molar-refractivity contribution in [3.05, 3.63) is 0 Å². The van der Waals surface area contributed by atoms with Crippen molar-refractivity contribution in [1.82, 2.24) is 5.32 Å². The van der Waals surface area contributed by atoms with E-state index in [2.05, 4.69) is 19.2 Å². The van der Waals surface area contributed by atoms with Crippen molar-refractivity contribution < 1.29 is 4.74 Å². The molecule has 1 N–H and O–H groups in total. The number of hydrogen-bond donors (Lipinski definition) is 1. The maximum absolute atomic E-state index is 5.77. The minimum absolute atomic E-state index is 0.374. The fraction of sp³-hybridized carbons (Fsp3) is 1.00. The molecule has 96 valence electrons. The molecule has 0 aromatic heterocycles. The van der Waals surface area contributed by atoms with Crippen molar-refractivity contribution in [2.45, 2.75) is 77.4 Å². The lowest BCUT2D eigenvalue weighted by Crippen LogP contribution is -2.36. The molecular weight excluding hydrogens is 198 g/mol. The molecule has 0 saturated heterocycles. The number of unbranched alkanes of at least 4 members (excludes halogenated alkanes) is 2. The van der Waals surface area contributed by atoms with Gasteiger partial charge in [0.1, 0.15) is 0 Å². The Morgan fingerprint density at radius 2 is 1.94 bits per heavy atom. The van der Waals surface area contributed by atoms with Gasteiger partial charge in [0, 0.05) is 19.2 Å². The van der Waals surface area contributed by atoms with Gasteiger partial charge >= 0.3 is 0 Å². The molecular formula is C14H29NO. The third-order valence-electron chi connectivity index (χ3n) is 3.45. The Labute approximate surface area is 101 Å². The molecule has 1 rings (SSSR count). The summed E-state index contributed by atoms with van der Waals surface area (Å²) in [6.45, 7) is 6.37. The standard InChI is InChI=1S/C14H29NO/c1-3-4-8-11-16-13(2)12-15-14-9-6-5-7-10-14/h13-15H,3-12H2,1-2H3. The highest BCUT2D eigenvalue weighted by molar-refractivity contribution is 4.72. The largest absolute Gasteiger partial charge is 0.377 e. The van der Waals surface area contributed by atoms with Gasteiger partial charge in [-0.1, -0.05) is 39.0 Å². The first kappa shape index (κ1) is 14.0. The molecule has 16 heavy (non-hydrogen) atoms. The van der Waals surface area contributed by atoms with Crippen LogP contribution >= 0.6 is 0 Å². The highest BCUT2D eigenvalue weighted by Gasteiger charge is 2.13. The lowest BCUT2D eigenvalue weighted by Gasteiger charge is -2.24. The van der Waals surface area contributed by atoms with E-state index in [1.807, 2.05) is 0 Å². The molecule has 0 aliphatic heterocycles. The Bertz CT molecular complexity index is 155. The molecule has 2 heteroatoms. The van der Waals surface area contributed by atoms with E-state index >= 15 is 0 Å². The molecule has 0 spiro atoms. The molecule has 0 bridgehead atoms. The van der Waals surface area contributed by atoms with Crippen LogP contribution in [0.4, 0.5) is 0 Å². The zero-order valence-corrected chi connectivity index (χ0v) is 11.1. The lowest BCUT2D eigenvalue weighted by molar-refractivity contribution is 0.0603. The average molecular weight is 227 g/mol. The van der Waals surface area contributed by atoms with Gasteiger partial charge in [-0.3, -0.25) is 0 Å². The van der Waals surface area contributed by atoms with E-state index in [1.54, 1.807) is 0 Å². The summed E-state index contributed by atoms with van der Waals surface area (Å²) in [5.41, 5.74) is 0. The average Bonchev–Trinajstić information content (AvgIpc) is 2.33. The van der Waals surface area contributed by atoms with Crippen LogP contribution in [0.25, 0.3) is 0 Å². The van der Waals surface area contributed by atoms with Crippen LogP contribution in [0.3, 0.4) is 0 Å². The van der Waals surface area contributed by atoms with Gasteiger partial charge in [0.25, 0.3) is 0 Å². The van der Waals surface area contributed by atoms with Crippen LogP contribution in [0, 0.1) is 0 Å². The molecule has 0 aromatic rings. The highest BCUT2D eigenvalue weighted by Crippen LogP contribution is 2.17. The van der Waals surface area contributed by atoms with Gasteiger partial charge in [-0.25, -0.2) is 0 Å². The summed E-state index contributed by atoms with van der Waals surface area (Å²) in [6.07, 6.45) is 11.1. The fourth-order valence-corrected chi connectivity index (χ4v) is 2.33. The molecule has 1 saturated carbocycles. The summed E-state index contributed by atoms with van der Waals surface area (Å²) in [5, 5.41) is 3.64. The first-order valence-electron chi connectivity index (χ1n) is 7.18. The van der Waals surface area contributed by atoms with E-state index in [0.29, 0.717) is 6.10 Å². The number of nitrogens with one attached hydrogen (secondary N) is 1. The van der Waals surface area contributed by atoms with E-state index in [9.17, 15) is 0 Å². The van der Waals surface area contributed by atoms with Gasteiger partial charge in [-0.2, -0.15) is 0 Å². The fourth-order valence-electron chi connectivity index (χ4n) is 2.33. The molecule has 1 unspecified atom stereocenters. The van der Waals surface area contributed by atoms with E-state index in [1.165, 1.54) is 51.4 Å². The summed E-state index contributed by atoms with van der Waals surface area (Å²) in [6, 6.07) is 0.760.